The van der Waals surface area contributed by atoms with E-state index < -0.39 is 11.8 Å². The molecule has 2 aliphatic rings. The Kier molecular flexibility index (Phi) is 10.7. The zero-order chi connectivity index (χ0) is 28.3. The molecule has 2 saturated heterocycles. The first-order valence-corrected chi connectivity index (χ1v) is 13.2. The Bertz CT molecular complexity index is 1170. The summed E-state index contributed by atoms with van der Waals surface area (Å²) in [5, 5.41) is 11.3. The molecule has 0 saturated carbocycles. The van der Waals surface area contributed by atoms with Crippen LogP contribution in [-0.4, -0.2) is 79.9 Å². The van der Waals surface area contributed by atoms with Crippen LogP contribution in [0.1, 0.15) is 37.7 Å². The Balaban J connectivity index is 1.20. The van der Waals surface area contributed by atoms with Crippen molar-refractivity contribution in [1.29, 1.82) is 5.41 Å². The van der Waals surface area contributed by atoms with Gasteiger partial charge in [0.05, 0.1) is 31.5 Å². The predicted molar refractivity (Wildman–Crippen MR) is 144 cm³/mol. The molecule has 1 aromatic carbocycles. The highest BCUT2D eigenvalue weighted by molar-refractivity contribution is 5.98. The molecule has 2 aromatic rings. The average molecular weight is 559 g/mol. The van der Waals surface area contributed by atoms with Gasteiger partial charge in [-0.2, -0.15) is 0 Å². The fraction of sp³-hybridized carbons (Fsp3) is 0.519. The number of nitrogens with one attached hydrogen (secondary N) is 1. The monoisotopic (exact) mass is 558 g/mol. The van der Waals surface area contributed by atoms with Crippen LogP contribution in [0.4, 0.5) is 10.3 Å². The van der Waals surface area contributed by atoms with Crippen molar-refractivity contribution in [1.82, 2.24) is 9.97 Å². The van der Waals surface area contributed by atoms with Gasteiger partial charge in [0.1, 0.15) is 31.3 Å². The SMILES string of the molecule is COC(CCON=C1CN(c2ncc(-c3cccc(COC(=O)CC(=N)N)c3F)cn2)C1)COC1CCCCO1. The minimum Gasteiger partial charge on any atom is -0.460 e. The Labute approximate surface area is 232 Å². The molecule has 2 unspecified atom stereocenters. The lowest BCUT2D eigenvalue weighted by Crippen LogP contribution is -2.48. The van der Waals surface area contributed by atoms with Crippen molar-refractivity contribution in [3.05, 3.63) is 42.0 Å². The number of carbonyl (C=O) groups is 1. The molecule has 3 heterocycles. The molecular weight excluding hydrogens is 523 g/mol. The number of ether oxygens (including phenoxy) is 4. The quantitative estimate of drug-likeness (QED) is 0.116. The molecule has 1 aromatic heterocycles. The molecule has 2 aliphatic heterocycles. The van der Waals surface area contributed by atoms with Crippen molar-refractivity contribution in [2.75, 3.05) is 44.9 Å². The maximum absolute atomic E-state index is 15.0. The second-order valence-corrected chi connectivity index (χ2v) is 9.54. The number of halogens is 1. The highest BCUT2D eigenvalue weighted by atomic mass is 19.1. The molecule has 0 aliphatic carbocycles. The average Bonchev–Trinajstić information content (AvgIpc) is 2.93. The van der Waals surface area contributed by atoms with Gasteiger partial charge in [-0.05, 0) is 19.3 Å². The largest absolute Gasteiger partial charge is 0.460 e. The third kappa shape index (κ3) is 8.41. The van der Waals surface area contributed by atoms with Gasteiger partial charge in [-0.1, -0.05) is 23.4 Å². The van der Waals surface area contributed by atoms with Crippen LogP contribution in [0.2, 0.25) is 0 Å². The number of oxime groups is 1. The maximum atomic E-state index is 15.0. The van der Waals surface area contributed by atoms with Crippen molar-refractivity contribution in [2.45, 2.75) is 51.1 Å². The summed E-state index contributed by atoms with van der Waals surface area (Å²) in [5.74, 6) is -1.04. The summed E-state index contributed by atoms with van der Waals surface area (Å²) in [7, 11) is 1.65. The summed E-state index contributed by atoms with van der Waals surface area (Å²) in [6.07, 6.45) is 6.26. The molecule has 0 bridgehead atoms. The summed E-state index contributed by atoms with van der Waals surface area (Å²) in [4.78, 5) is 27.7. The molecule has 40 heavy (non-hydrogen) atoms. The molecule has 13 heteroatoms. The van der Waals surface area contributed by atoms with E-state index in [0.717, 1.165) is 31.6 Å². The van der Waals surface area contributed by atoms with Crippen LogP contribution in [0.3, 0.4) is 0 Å². The van der Waals surface area contributed by atoms with Gasteiger partial charge in [0.15, 0.2) is 6.29 Å². The number of rotatable bonds is 14. The summed E-state index contributed by atoms with van der Waals surface area (Å²) >= 11 is 0. The number of nitrogens with zero attached hydrogens (tertiary/aromatic N) is 4. The lowest BCUT2D eigenvalue weighted by Gasteiger charge is -2.31. The van der Waals surface area contributed by atoms with E-state index in [9.17, 15) is 4.79 Å². The van der Waals surface area contributed by atoms with Crippen LogP contribution in [0.5, 0.6) is 0 Å². The van der Waals surface area contributed by atoms with E-state index in [4.69, 9.17) is 34.9 Å². The summed E-state index contributed by atoms with van der Waals surface area (Å²) < 4.78 is 36.9. The van der Waals surface area contributed by atoms with E-state index in [1.807, 2.05) is 4.90 Å². The zero-order valence-corrected chi connectivity index (χ0v) is 22.5. The molecular formula is C27H35FN6O6. The highest BCUT2D eigenvalue weighted by Gasteiger charge is 2.25. The van der Waals surface area contributed by atoms with E-state index in [0.29, 0.717) is 44.2 Å². The van der Waals surface area contributed by atoms with Crippen LogP contribution >= 0.6 is 0 Å². The van der Waals surface area contributed by atoms with Crippen LogP contribution in [0, 0.1) is 11.2 Å². The Morgan fingerprint density at radius 3 is 2.80 bits per heavy atom. The minimum atomic E-state index is -0.693. The molecule has 216 valence electrons. The van der Waals surface area contributed by atoms with Crippen molar-refractivity contribution < 1.29 is 33.0 Å². The van der Waals surface area contributed by atoms with Gasteiger partial charge >= 0.3 is 5.97 Å². The first-order valence-electron chi connectivity index (χ1n) is 13.2. The third-order valence-corrected chi connectivity index (χ3v) is 6.44. The molecule has 0 spiro atoms. The van der Waals surface area contributed by atoms with Crippen molar-refractivity contribution in [3.8, 4) is 11.1 Å². The van der Waals surface area contributed by atoms with Crippen molar-refractivity contribution in [2.24, 2.45) is 10.9 Å². The van der Waals surface area contributed by atoms with Crippen LogP contribution in [-0.2, 0) is 35.2 Å². The lowest BCUT2D eigenvalue weighted by molar-refractivity contribution is -0.178. The van der Waals surface area contributed by atoms with Crippen LogP contribution < -0.4 is 10.6 Å². The van der Waals surface area contributed by atoms with E-state index >= 15 is 4.39 Å². The number of aromatic nitrogens is 2. The minimum absolute atomic E-state index is 0.0946. The number of esters is 1. The van der Waals surface area contributed by atoms with Gasteiger partial charge in [0.25, 0.3) is 0 Å². The second-order valence-electron chi connectivity index (χ2n) is 9.54. The number of amidine groups is 1. The molecule has 3 N–H and O–H groups in total. The number of hydrogen-bond acceptors (Lipinski definition) is 11. The number of hydrogen-bond donors (Lipinski definition) is 2. The maximum Gasteiger partial charge on any atom is 0.313 e. The normalized spacial score (nSPS) is 17.6. The smallest absolute Gasteiger partial charge is 0.313 e. The zero-order valence-electron chi connectivity index (χ0n) is 22.5. The fourth-order valence-electron chi connectivity index (χ4n) is 4.14. The van der Waals surface area contributed by atoms with Gasteiger partial charge in [-0.25, -0.2) is 14.4 Å². The van der Waals surface area contributed by atoms with Crippen LogP contribution in [0.15, 0.2) is 35.7 Å². The van der Waals surface area contributed by atoms with E-state index in [2.05, 4.69) is 15.1 Å². The van der Waals surface area contributed by atoms with Gasteiger partial charge in [-0.3, -0.25) is 10.2 Å². The van der Waals surface area contributed by atoms with Gasteiger partial charge in [-0.15, -0.1) is 0 Å². The van der Waals surface area contributed by atoms with E-state index in [1.165, 1.54) is 6.07 Å². The Morgan fingerprint density at radius 2 is 2.10 bits per heavy atom. The fourth-order valence-corrected chi connectivity index (χ4v) is 4.14. The van der Waals surface area contributed by atoms with Crippen LogP contribution in [0.25, 0.3) is 11.1 Å². The number of nitrogens with two attached hydrogens (primary N) is 1. The van der Waals surface area contributed by atoms with Gasteiger partial charge in [0.2, 0.25) is 5.95 Å². The molecule has 0 radical (unpaired) electrons. The summed E-state index contributed by atoms with van der Waals surface area (Å²) in [6, 6.07) is 4.78. The van der Waals surface area contributed by atoms with E-state index in [1.54, 1.807) is 31.6 Å². The number of anilines is 1. The van der Waals surface area contributed by atoms with Crippen molar-refractivity contribution >= 4 is 23.5 Å². The first kappa shape index (κ1) is 29.3. The number of benzene rings is 1. The standard InChI is InChI=1S/C27H35FN6O6/c1-36-21(17-39-25-7-2-3-9-37-25)8-10-40-33-20-14-34(15-20)27-31-12-19(13-32-27)22-6-4-5-18(26(22)28)16-38-24(35)11-23(29)30/h4-6,12-13,21,25H,2-3,7-11,14-17H2,1H3,(H3,29,30). The molecule has 2 fully saturated rings. The third-order valence-electron chi connectivity index (χ3n) is 6.44. The number of methoxy groups -OCH3 is 1. The lowest BCUT2D eigenvalue weighted by atomic mass is 10.1. The summed E-state index contributed by atoms with van der Waals surface area (Å²) in [6.45, 7) is 2.40. The second kappa shape index (κ2) is 14.6. The molecule has 2 atom stereocenters. The highest BCUT2D eigenvalue weighted by Crippen LogP contribution is 2.26. The number of carbonyl (C=O) groups excluding carboxylic acids is 1. The topological polar surface area (TPSA) is 154 Å². The molecule has 12 nitrogen and oxygen atoms in total. The molecule has 4 rings (SSSR count). The van der Waals surface area contributed by atoms with E-state index in [-0.39, 0.29) is 42.4 Å². The van der Waals surface area contributed by atoms with Gasteiger partial charge < -0.3 is 34.4 Å². The Morgan fingerprint density at radius 1 is 1.30 bits per heavy atom. The first-order chi connectivity index (χ1) is 19.4. The Hall–Kier alpha value is -3.68. The van der Waals surface area contributed by atoms with Gasteiger partial charge in [0, 0.05) is 49.2 Å². The molecule has 0 amide bonds. The predicted octanol–water partition coefficient (Wildman–Crippen LogP) is 2.79. The summed E-state index contributed by atoms with van der Waals surface area (Å²) in [5.41, 5.74) is 7.03. The van der Waals surface area contributed by atoms with Crippen molar-refractivity contribution in [3.63, 3.8) is 0 Å².